The normalized spacial score (nSPS) is 12.9. The SMILES string of the molecule is [2H][C@@](C)(NC(=O)c1c(C)nn2cccnc12)c1cc2cccc(C#Cc3cnn(C)c3)c2c(=O)n1-c1ccccc1. The standard InChI is InChI=1S/C31H25N7O2/c1-20(34-30(39)27-21(2)35-37-16-8-15-32-29(27)37)26-17-24-10-7-9-23(14-13-22-18-33-36(3)19-22)28(24)31(40)38(26)25-11-5-4-6-12-25/h4-12,15-20H,1-3H3,(H,34,39)/t20-/m0/s1/i20D. The fraction of sp³-hybridized carbons (Fsp3) is 0.129. The molecule has 6 rings (SSSR count). The van der Waals surface area contributed by atoms with E-state index in [9.17, 15) is 11.0 Å². The van der Waals surface area contributed by atoms with Crippen molar-refractivity contribution in [3.63, 3.8) is 0 Å². The van der Waals surface area contributed by atoms with Gasteiger partial charge in [0, 0.05) is 42.6 Å². The van der Waals surface area contributed by atoms with Crippen LogP contribution in [0.4, 0.5) is 0 Å². The molecular formula is C31H25N7O2. The van der Waals surface area contributed by atoms with Crippen LogP contribution in [0.25, 0.3) is 22.1 Å². The highest BCUT2D eigenvalue weighted by atomic mass is 16.2. The van der Waals surface area contributed by atoms with Gasteiger partial charge in [-0.15, -0.1) is 0 Å². The average molecular weight is 529 g/mol. The van der Waals surface area contributed by atoms with E-state index < -0.39 is 11.9 Å². The third kappa shape index (κ3) is 4.41. The van der Waals surface area contributed by atoms with E-state index in [1.54, 1.807) is 73.6 Å². The van der Waals surface area contributed by atoms with Crippen LogP contribution in [-0.4, -0.2) is 34.9 Å². The molecule has 0 aliphatic rings. The molecule has 2 aromatic carbocycles. The third-order valence-corrected chi connectivity index (χ3v) is 6.59. The maximum absolute atomic E-state index is 14.2. The molecular weight excluding hydrogens is 502 g/mol. The third-order valence-electron chi connectivity index (χ3n) is 6.59. The Labute approximate surface area is 231 Å². The Morgan fingerprint density at radius 2 is 1.93 bits per heavy atom. The zero-order valence-corrected chi connectivity index (χ0v) is 22.1. The Morgan fingerprint density at radius 1 is 1.10 bits per heavy atom. The van der Waals surface area contributed by atoms with Crippen molar-refractivity contribution >= 4 is 22.3 Å². The van der Waals surface area contributed by atoms with E-state index in [4.69, 9.17) is 0 Å². The van der Waals surface area contributed by atoms with E-state index in [1.165, 1.54) is 9.08 Å². The van der Waals surface area contributed by atoms with Crippen LogP contribution in [0.5, 0.6) is 0 Å². The summed E-state index contributed by atoms with van der Waals surface area (Å²) in [6.45, 7) is 3.26. The number of carbonyl (C=O) groups excluding carboxylic acids is 1. The van der Waals surface area contributed by atoms with E-state index in [0.29, 0.717) is 33.4 Å². The number of aryl methyl sites for hydroxylation is 2. The van der Waals surface area contributed by atoms with E-state index >= 15 is 0 Å². The lowest BCUT2D eigenvalue weighted by Crippen LogP contribution is -2.32. The molecule has 0 unspecified atom stereocenters. The number of pyridine rings is 1. The fourth-order valence-electron chi connectivity index (χ4n) is 4.76. The van der Waals surface area contributed by atoms with Gasteiger partial charge in [-0.1, -0.05) is 42.2 Å². The Bertz CT molecular complexity index is 2080. The monoisotopic (exact) mass is 528 g/mol. The van der Waals surface area contributed by atoms with E-state index in [2.05, 4.69) is 32.3 Å². The zero-order valence-electron chi connectivity index (χ0n) is 23.1. The van der Waals surface area contributed by atoms with Crippen LogP contribution in [0.2, 0.25) is 0 Å². The predicted molar refractivity (Wildman–Crippen MR) is 152 cm³/mol. The zero-order chi connectivity index (χ0) is 28.7. The van der Waals surface area contributed by atoms with Crippen molar-refractivity contribution in [2.45, 2.75) is 19.9 Å². The highest BCUT2D eigenvalue weighted by Crippen LogP contribution is 2.24. The molecule has 0 bridgehead atoms. The molecule has 0 aliphatic carbocycles. The predicted octanol–water partition coefficient (Wildman–Crippen LogP) is 3.97. The minimum atomic E-state index is -1.72. The molecule has 6 aromatic rings. The number of benzene rings is 2. The molecule has 0 fully saturated rings. The van der Waals surface area contributed by atoms with E-state index in [0.717, 1.165) is 5.56 Å². The molecule has 40 heavy (non-hydrogen) atoms. The van der Waals surface area contributed by atoms with Crippen LogP contribution in [0, 0.1) is 18.8 Å². The molecule has 4 heterocycles. The summed E-state index contributed by atoms with van der Waals surface area (Å²) in [5.74, 6) is 5.68. The highest BCUT2D eigenvalue weighted by Gasteiger charge is 2.23. The summed E-state index contributed by atoms with van der Waals surface area (Å²) in [6, 6.07) is 16.2. The second-order valence-electron chi connectivity index (χ2n) is 9.36. The van der Waals surface area contributed by atoms with Crippen molar-refractivity contribution in [3.8, 4) is 17.5 Å². The van der Waals surface area contributed by atoms with Gasteiger partial charge in [0.2, 0.25) is 0 Å². The molecule has 4 aromatic heterocycles. The molecule has 0 spiro atoms. The lowest BCUT2D eigenvalue weighted by atomic mass is 10.0. The number of fused-ring (bicyclic) bond motifs is 2. The Kier molecular flexibility index (Phi) is 5.90. The Hall–Kier alpha value is -5.49. The summed E-state index contributed by atoms with van der Waals surface area (Å²) in [6.07, 6.45) is 6.75. The van der Waals surface area contributed by atoms with Crippen LogP contribution in [0.15, 0.2) is 90.2 Å². The number of carbonyl (C=O) groups is 1. The first-order valence-corrected chi connectivity index (χ1v) is 12.6. The smallest absolute Gasteiger partial charge is 0.264 e. The number of rotatable bonds is 4. The van der Waals surface area contributed by atoms with Crippen molar-refractivity contribution in [2.75, 3.05) is 0 Å². The second kappa shape index (κ2) is 10.0. The first kappa shape index (κ1) is 23.6. The number of nitrogens with zero attached hydrogens (tertiary/aromatic N) is 6. The lowest BCUT2D eigenvalue weighted by Gasteiger charge is -2.21. The second-order valence-corrected chi connectivity index (χ2v) is 9.36. The first-order valence-electron chi connectivity index (χ1n) is 13.1. The van der Waals surface area contributed by atoms with Gasteiger partial charge in [0.05, 0.1) is 30.2 Å². The summed E-state index contributed by atoms with van der Waals surface area (Å²) < 4.78 is 14.0. The molecule has 1 atom stereocenters. The van der Waals surface area contributed by atoms with Crippen LogP contribution >= 0.6 is 0 Å². The van der Waals surface area contributed by atoms with Gasteiger partial charge in [-0.2, -0.15) is 10.2 Å². The van der Waals surface area contributed by atoms with Gasteiger partial charge in [0.15, 0.2) is 5.65 Å². The number of amides is 1. The fourth-order valence-corrected chi connectivity index (χ4v) is 4.76. The Morgan fingerprint density at radius 3 is 2.70 bits per heavy atom. The summed E-state index contributed by atoms with van der Waals surface area (Å²) in [5, 5.41) is 12.4. The molecule has 9 heteroatoms. The average Bonchev–Trinajstić information content (AvgIpc) is 3.53. The molecule has 0 aliphatic heterocycles. The maximum atomic E-state index is 14.2. The molecule has 9 nitrogen and oxygen atoms in total. The van der Waals surface area contributed by atoms with Gasteiger partial charge in [-0.25, -0.2) is 9.50 Å². The largest absolute Gasteiger partial charge is 0.344 e. The van der Waals surface area contributed by atoms with Crippen molar-refractivity contribution in [1.29, 1.82) is 0 Å². The number of para-hydroxylation sites is 1. The van der Waals surface area contributed by atoms with Crippen molar-refractivity contribution in [2.24, 2.45) is 7.05 Å². The van der Waals surface area contributed by atoms with Crippen LogP contribution in [0.3, 0.4) is 0 Å². The molecule has 0 saturated heterocycles. The number of aromatic nitrogens is 6. The van der Waals surface area contributed by atoms with E-state index in [-0.39, 0.29) is 16.8 Å². The van der Waals surface area contributed by atoms with Gasteiger partial charge in [0.1, 0.15) is 5.56 Å². The van der Waals surface area contributed by atoms with Crippen LogP contribution < -0.4 is 10.9 Å². The first-order chi connectivity index (χ1) is 19.7. The van der Waals surface area contributed by atoms with Crippen molar-refractivity contribution in [3.05, 3.63) is 124 Å². The van der Waals surface area contributed by atoms with Crippen LogP contribution in [-0.2, 0) is 7.05 Å². The summed E-state index contributed by atoms with van der Waals surface area (Å²) in [7, 11) is 1.81. The quantitative estimate of drug-likeness (QED) is 0.349. The Balaban J connectivity index is 1.52. The minimum absolute atomic E-state index is 0.270. The maximum Gasteiger partial charge on any atom is 0.264 e. The molecule has 196 valence electrons. The molecule has 0 saturated carbocycles. The van der Waals surface area contributed by atoms with Crippen molar-refractivity contribution < 1.29 is 6.17 Å². The number of hydrogen-bond donors (Lipinski definition) is 1. The molecule has 0 radical (unpaired) electrons. The van der Waals surface area contributed by atoms with Gasteiger partial charge >= 0.3 is 0 Å². The summed E-state index contributed by atoms with van der Waals surface area (Å²) >= 11 is 0. The van der Waals surface area contributed by atoms with Crippen molar-refractivity contribution in [1.82, 2.24) is 34.3 Å². The molecule has 1 N–H and O–H groups in total. The summed E-state index contributed by atoms with van der Waals surface area (Å²) in [5.41, 5.74) is 2.91. The van der Waals surface area contributed by atoms with Gasteiger partial charge < -0.3 is 5.32 Å². The minimum Gasteiger partial charge on any atom is -0.344 e. The summed E-state index contributed by atoms with van der Waals surface area (Å²) in [4.78, 5) is 32.1. The topological polar surface area (TPSA) is 99.1 Å². The number of nitrogens with one attached hydrogen (secondary N) is 1. The molecule has 1 amide bonds. The number of hydrogen-bond acceptors (Lipinski definition) is 5. The van der Waals surface area contributed by atoms with Gasteiger partial charge in [-0.05, 0) is 49.6 Å². The van der Waals surface area contributed by atoms with Gasteiger partial charge in [-0.3, -0.25) is 18.8 Å². The lowest BCUT2D eigenvalue weighted by molar-refractivity contribution is 0.0939. The van der Waals surface area contributed by atoms with Gasteiger partial charge in [0.25, 0.3) is 11.5 Å². The van der Waals surface area contributed by atoms with E-state index in [1.807, 2.05) is 37.4 Å². The highest BCUT2D eigenvalue weighted by molar-refractivity contribution is 6.01. The van der Waals surface area contributed by atoms with Crippen LogP contribution in [0.1, 0.15) is 47.2 Å².